The van der Waals surface area contributed by atoms with Crippen LogP contribution in [0.4, 0.5) is 4.20 Å². The van der Waals surface area contributed by atoms with E-state index in [1.54, 1.807) is 0 Å². The molecule has 1 unspecified atom stereocenters. The molecular formula is C7H13FNOPS2. The second-order valence-corrected chi connectivity index (χ2v) is 5.34. The van der Waals surface area contributed by atoms with Gasteiger partial charge < -0.3 is 4.90 Å². The zero-order valence-corrected chi connectivity index (χ0v) is 9.91. The fraction of sp³-hybridized carbons (Fsp3) is 0.571. The first-order chi connectivity index (χ1) is 6.11. The maximum Gasteiger partial charge on any atom is 0.245 e. The number of carbonyl (C=O) groups is 1. The summed E-state index contributed by atoms with van der Waals surface area (Å²) in [5, 5.41) is 0. The molecule has 0 aromatic heterocycles. The Kier molecular flexibility index (Phi) is 7.62. The number of amides is 1. The smallest absolute Gasteiger partial charge is 0.245 e. The van der Waals surface area contributed by atoms with Gasteiger partial charge in [-0.3, -0.25) is 4.79 Å². The molecule has 0 aromatic carbocycles. The average Bonchev–Trinajstić information content (AvgIpc) is 2.10. The van der Waals surface area contributed by atoms with E-state index in [0.29, 0.717) is 18.8 Å². The first-order valence-corrected chi connectivity index (χ1v) is 7.17. The van der Waals surface area contributed by atoms with E-state index in [-0.39, 0.29) is 12.1 Å². The first-order valence-electron chi connectivity index (χ1n) is 3.82. The van der Waals surface area contributed by atoms with Crippen LogP contribution in [-0.4, -0.2) is 35.8 Å². The Labute approximate surface area is 89.1 Å². The van der Waals surface area contributed by atoms with Gasteiger partial charge in [-0.25, -0.2) is 4.20 Å². The Hall–Kier alpha value is 0.140. The van der Waals surface area contributed by atoms with Gasteiger partial charge in [-0.1, -0.05) is 18.4 Å². The molecule has 0 bridgehead atoms. The standard InChI is InChI=1S/C7H13FNOPS2/c1-2-7(10)9(4-6-12)3-5-11(8)13/h2,11-12H,1,3-6H2. The van der Waals surface area contributed by atoms with Crippen molar-refractivity contribution in [2.75, 3.05) is 25.0 Å². The highest BCUT2D eigenvalue weighted by Gasteiger charge is 2.08. The predicted molar refractivity (Wildman–Crippen MR) is 62.3 cm³/mol. The number of hydrogen-bond donors (Lipinski definition) is 1. The molecule has 0 saturated heterocycles. The van der Waals surface area contributed by atoms with E-state index in [9.17, 15) is 8.99 Å². The Morgan fingerprint density at radius 3 is 2.69 bits per heavy atom. The average molecular weight is 241 g/mol. The molecule has 0 aliphatic heterocycles. The molecule has 0 aromatic rings. The molecule has 76 valence electrons. The summed E-state index contributed by atoms with van der Waals surface area (Å²) in [5.41, 5.74) is 0. The second-order valence-electron chi connectivity index (χ2n) is 2.36. The molecular weight excluding hydrogens is 228 g/mol. The largest absolute Gasteiger partial charge is 0.338 e. The number of thiol groups is 1. The van der Waals surface area contributed by atoms with E-state index >= 15 is 0 Å². The van der Waals surface area contributed by atoms with Crippen LogP contribution in [0, 0.1) is 0 Å². The summed E-state index contributed by atoms with van der Waals surface area (Å²) in [6, 6.07) is 0. The van der Waals surface area contributed by atoms with Gasteiger partial charge in [0, 0.05) is 25.0 Å². The minimum Gasteiger partial charge on any atom is -0.338 e. The van der Waals surface area contributed by atoms with Gasteiger partial charge in [-0.2, -0.15) is 12.6 Å². The molecule has 0 saturated carbocycles. The summed E-state index contributed by atoms with van der Waals surface area (Å²) >= 11 is 8.45. The van der Waals surface area contributed by atoms with Crippen LogP contribution >= 0.6 is 19.6 Å². The number of rotatable bonds is 6. The van der Waals surface area contributed by atoms with Gasteiger partial charge in [0.05, 0.1) is 0 Å². The number of halogens is 1. The maximum absolute atomic E-state index is 12.4. The van der Waals surface area contributed by atoms with E-state index in [4.69, 9.17) is 0 Å². The van der Waals surface area contributed by atoms with E-state index in [0.717, 1.165) is 0 Å². The van der Waals surface area contributed by atoms with Crippen LogP contribution in [0.3, 0.4) is 0 Å². The van der Waals surface area contributed by atoms with Crippen LogP contribution in [0.25, 0.3) is 0 Å². The molecule has 0 spiro atoms. The highest BCUT2D eigenvalue weighted by Crippen LogP contribution is 2.21. The van der Waals surface area contributed by atoms with Crippen molar-refractivity contribution >= 4 is 37.4 Å². The zero-order valence-electron chi connectivity index (χ0n) is 7.20. The summed E-state index contributed by atoms with van der Waals surface area (Å²) < 4.78 is 12.4. The van der Waals surface area contributed by atoms with Crippen molar-refractivity contribution in [2.45, 2.75) is 0 Å². The van der Waals surface area contributed by atoms with E-state index in [1.165, 1.54) is 11.0 Å². The lowest BCUT2D eigenvalue weighted by Gasteiger charge is -2.19. The third-order valence-corrected chi connectivity index (χ3v) is 2.86. The molecule has 2 nitrogen and oxygen atoms in total. The van der Waals surface area contributed by atoms with Crippen molar-refractivity contribution in [1.29, 1.82) is 0 Å². The Morgan fingerprint density at radius 1 is 1.69 bits per heavy atom. The molecule has 0 fully saturated rings. The van der Waals surface area contributed by atoms with E-state index in [2.05, 4.69) is 31.0 Å². The second kappa shape index (κ2) is 7.54. The van der Waals surface area contributed by atoms with E-state index < -0.39 is 7.01 Å². The summed E-state index contributed by atoms with van der Waals surface area (Å²) in [6.07, 6.45) is 1.50. The normalized spacial score (nSPS) is 12.2. The Morgan fingerprint density at radius 2 is 2.31 bits per heavy atom. The highest BCUT2D eigenvalue weighted by atomic mass is 32.4. The molecule has 6 heteroatoms. The van der Waals surface area contributed by atoms with Gasteiger partial charge in [0.15, 0.2) is 0 Å². The third kappa shape index (κ3) is 6.24. The SMILES string of the molecule is C=CC(=O)N(CCS)CC[PH](F)=S. The fourth-order valence-corrected chi connectivity index (χ4v) is 1.77. The number of hydrogen-bond acceptors (Lipinski definition) is 3. The van der Waals surface area contributed by atoms with Crippen molar-refractivity contribution < 1.29 is 8.99 Å². The molecule has 1 amide bonds. The predicted octanol–water partition coefficient (Wildman–Crippen LogP) is 1.49. The molecule has 0 aliphatic rings. The molecule has 1 atom stereocenters. The highest BCUT2D eigenvalue weighted by molar-refractivity contribution is 8.02. The first kappa shape index (κ1) is 13.1. The van der Waals surface area contributed by atoms with Gasteiger partial charge in [0.1, 0.15) is 7.01 Å². The molecule has 0 aliphatic carbocycles. The minimum absolute atomic E-state index is 0.188. The van der Waals surface area contributed by atoms with Crippen molar-refractivity contribution in [1.82, 2.24) is 4.90 Å². The topological polar surface area (TPSA) is 20.3 Å². The van der Waals surface area contributed by atoms with E-state index in [1.807, 2.05) is 0 Å². The van der Waals surface area contributed by atoms with Gasteiger partial charge in [-0.15, -0.1) is 0 Å². The quantitative estimate of drug-likeness (QED) is 0.432. The van der Waals surface area contributed by atoms with Crippen LogP contribution in [0.15, 0.2) is 12.7 Å². The van der Waals surface area contributed by atoms with Crippen molar-refractivity contribution in [3.05, 3.63) is 12.7 Å². The van der Waals surface area contributed by atoms with Crippen LogP contribution < -0.4 is 0 Å². The van der Waals surface area contributed by atoms with Gasteiger partial charge >= 0.3 is 0 Å². The number of carbonyl (C=O) groups excluding carboxylic acids is 1. The lowest BCUT2D eigenvalue weighted by molar-refractivity contribution is -0.125. The molecule has 0 radical (unpaired) electrons. The molecule has 0 N–H and O–H groups in total. The number of nitrogens with zero attached hydrogens (tertiary/aromatic N) is 1. The Bertz CT molecular complexity index is 213. The Balaban J connectivity index is 4.00. The van der Waals surface area contributed by atoms with Crippen molar-refractivity contribution in [3.8, 4) is 0 Å². The zero-order chi connectivity index (χ0) is 10.3. The fourth-order valence-electron chi connectivity index (χ4n) is 0.805. The molecule has 13 heavy (non-hydrogen) atoms. The molecule has 0 rings (SSSR count). The van der Waals surface area contributed by atoms with Gasteiger partial charge in [-0.05, 0) is 6.08 Å². The molecule has 0 heterocycles. The van der Waals surface area contributed by atoms with Crippen molar-refractivity contribution in [2.24, 2.45) is 0 Å². The minimum atomic E-state index is -2.16. The van der Waals surface area contributed by atoms with Gasteiger partial charge in [0.2, 0.25) is 5.91 Å². The van der Waals surface area contributed by atoms with Crippen molar-refractivity contribution in [3.63, 3.8) is 0 Å². The van der Waals surface area contributed by atoms with Gasteiger partial charge in [0.25, 0.3) is 0 Å². The third-order valence-electron chi connectivity index (χ3n) is 1.43. The van der Waals surface area contributed by atoms with Crippen LogP contribution in [0.2, 0.25) is 0 Å². The lowest BCUT2D eigenvalue weighted by Crippen LogP contribution is -2.33. The summed E-state index contributed by atoms with van der Waals surface area (Å²) in [5.74, 6) is 0.373. The summed E-state index contributed by atoms with van der Waals surface area (Å²) in [7, 11) is -2.16. The lowest BCUT2D eigenvalue weighted by atomic mass is 10.4. The monoisotopic (exact) mass is 241 g/mol. The van der Waals surface area contributed by atoms with Crippen LogP contribution in [-0.2, 0) is 16.6 Å². The van der Waals surface area contributed by atoms with Crippen LogP contribution in [0.5, 0.6) is 0 Å². The van der Waals surface area contributed by atoms with Crippen LogP contribution in [0.1, 0.15) is 0 Å². The summed E-state index contributed by atoms with van der Waals surface area (Å²) in [6.45, 7) is 4.25. The maximum atomic E-state index is 12.4. The summed E-state index contributed by atoms with van der Waals surface area (Å²) in [4.78, 5) is 12.7.